The standard InChI is InChI=1S/C31H36FN3O6S/c1-2-16-33-31(37)29(21-24-6-4-3-5-7-24)35(22-25-8-10-26(32)11-9-25)30(36)23-41-27-12-14-28(15-13-27)42(38,39)34-17-19-40-20-18-34/h3-15,29H,2,16-23H2,1H3,(H,33,37). The highest BCUT2D eigenvalue weighted by Crippen LogP contribution is 2.21. The Kier molecular flexibility index (Phi) is 11.0. The molecule has 11 heteroatoms. The van der Waals surface area contributed by atoms with E-state index < -0.39 is 27.8 Å². The molecule has 3 aromatic rings. The molecule has 1 N–H and O–H groups in total. The van der Waals surface area contributed by atoms with Crippen LogP contribution in [0.25, 0.3) is 0 Å². The molecule has 1 unspecified atom stereocenters. The summed E-state index contributed by atoms with van der Waals surface area (Å²) in [5.74, 6) is -0.840. The maximum Gasteiger partial charge on any atom is 0.261 e. The number of ether oxygens (including phenoxy) is 2. The zero-order chi connectivity index (χ0) is 30.0. The van der Waals surface area contributed by atoms with Crippen LogP contribution in [0.1, 0.15) is 24.5 Å². The molecule has 1 heterocycles. The zero-order valence-electron chi connectivity index (χ0n) is 23.6. The maximum absolute atomic E-state index is 13.7. The van der Waals surface area contributed by atoms with E-state index in [4.69, 9.17) is 9.47 Å². The largest absolute Gasteiger partial charge is 0.484 e. The van der Waals surface area contributed by atoms with Crippen molar-refractivity contribution >= 4 is 21.8 Å². The first-order valence-corrected chi connectivity index (χ1v) is 15.4. The van der Waals surface area contributed by atoms with E-state index in [1.54, 1.807) is 12.1 Å². The minimum absolute atomic E-state index is 0.0657. The van der Waals surface area contributed by atoms with Gasteiger partial charge >= 0.3 is 0 Å². The maximum atomic E-state index is 13.7. The van der Waals surface area contributed by atoms with Crippen LogP contribution >= 0.6 is 0 Å². The summed E-state index contributed by atoms with van der Waals surface area (Å²) in [6.07, 6.45) is 1.01. The summed E-state index contributed by atoms with van der Waals surface area (Å²) >= 11 is 0. The average Bonchev–Trinajstić information content (AvgIpc) is 3.02. The predicted octanol–water partition coefficient (Wildman–Crippen LogP) is 3.39. The number of sulfonamides is 1. The molecule has 0 aromatic heterocycles. The quantitative estimate of drug-likeness (QED) is 0.324. The highest BCUT2D eigenvalue weighted by atomic mass is 32.2. The predicted molar refractivity (Wildman–Crippen MR) is 156 cm³/mol. The molecular weight excluding hydrogens is 561 g/mol. The van der Waals surface area contributed by atoms with E-state index in [0.717, 1.165) is 12.0 Å². The van der Waals surface area contributed by atoms with Gasteiger partial charge in [0.05, 0.1) is 18.1 Å². The lowest BCUT2D eigenvalue weighted by atomic mass is 10.0. The molecule has 9 nitrogen and oxygen atoms in total. The first kappa shape index (κ1) is 31.1. The molecule has 1 atom stereocenters. The number of carbonyl (C=O) groups is 2. The van der Waals surface area contributed by atoms with E-state index >= 15 is 0 Å². The molecule has 3 aromatic carbocycles. The first-order chi connectivity index (χ1) is 20.3. The van der Waals surface area contributed by atoms with E-state index in [9.17, 15) is 22.4 Å². The number of hydrogen-bond acceptors (Lipinski definition) is 6. The monoisotopic (exact) mass is 597 g/mol. The third-order valence-electron chi connectivity index (χ3n) is 6.88. The van der Waals surface area contributed by atoms with E-state index in [0.29, 0.717) is 31.1 Å². The number of nitrogens with zero attached hydrogens (tertiary/aromatic N) is 2. The number of morpholine rings is 1. The molecule has 0 radical (unpaired) electrons. The van der Waals surface area contributed by atoms with Gasteiger partial charge in [-0.1, -0.05) is 49.4 Å². The first-order valence-electron chi connectivity index (χ1n) is 13.9. The Bertz CT molecular complexity index is 1410. The van der Waals surface area contributed by atoms with Crippen LogP contribution in [0.2, 0.25) is 0 Å². The van der Waals surface area contributed by atoms with Crippen molar-refractivity contribution in [3.8, 4) is 5.75 Å². The van der Waals surface area contributed by atoms with Crippen LogP contribution in [0.15, 0.2) is 83.8 Å². The van der Waals surface area contributed by atoms with E-state index in [1.807, 2.05) is 37.3 Å². The summed E-state index contributed by atoms with van der Waals surface area (Å²) in [6.45, 7) is 3.35. The summed E-state index contributed by atoms with van der Waals surface area (Å²) < 4.78 is 51.8. The molecule has 2 amide bonds. The second-order valence-corrected chi connectivity index (χ2v) is 11.9. The SMILES string of the molecule is CCCNC(=O)C(Cc1ccccc1)N(Cc1ccc(F)cc1)C(=O)COc1ccc(S(=O)(=O)N2CCOCC2)cc1. The Morgan fingerprint density at radius 1 is 0.976 bits per heavy atom. The fourth-order valence-electron chi connectivity index (χ4n) is 4.58. The molecule has 0 saturated carbocycles. The zero-order valence-corrected chi connectivity index (χ0v) is 24.4. The Labute approximate surface area is 246 Å². The minimum Gasteiger partial charge on any atom is -0.484 e. The van der Waals surface area contributed by atoms with Gasteiger partial charge in [0.25, 0.3) is 5.91 Å². The lowest BCUT2D eigenvalue weighted by molar-refractivity contribution is -0.142. The van der Waals surface area contributed by atoms with Crippen LogP contribution in [0.5, 0.6) is 5.75 Å². The highest BCUT2D eigenvalue weighted by Gasteiger charge is 2.31. The molecule has 0 spiro atoms. The molecule has 1 fully saturated rings. The summed E-state index contributed by atoms with van der Waals surface area (Å²) in [6, 6.07) is 20.2. The van der Waals surface area contributed by atoms with Crippen molar-refractivity contribution < 1.29 is 31.9 Å². The van der Waals surface area contributed by atoms with Crippen LogP contribution in [0.3, 0.4) is 0 Å². The number of hydrogen-bond donors (Lipinski definition) is 1. The van der Waals surface area contributed by atoms with Crippen molar-refractivity contribution in [2.45, 2.75) is 37.2 Å². The number of nitrogens with one attached hydrogen (secondary N) is 1. The van der Waals surface area contributed by atoms with Gasteiger partial charge in [0.15, 0.2) is 6.61 Å². The number of benzene rings is 3. The van der Waals surface area contributed by atoms with Gasteiger partial charge in [0.2, 0.25) is 15.9 Å². The number of halogens is 1. The van der Waals surface area contributed by atoms with Gasteiger partial charge in [-0.15, -0.1) is 0 Å². The van der Waals surface area contributed by atoms with Crippen LogP contribution < -0.4 is 10.1 Å². The van der Waals surface area contributed by atoms with Gasteiger partial charge < -0.3 is 19.7 Å². The van der Waals surface area contributed by atoms with Gasteiger partial charge in [-0.2, -0.15) is 4.31 Å². The van der Waals surface area contributed by atoms with Crippen LogP contribution in [-0.2, 0) is 37.3 Å². The number of amides is 2. The summed E-state index contributed by atoms with van der Waals surface area (Å²) in [4.78, 5) is 28.6. The second-order valence-electron chi connectivity index (χ2n) is 9.92. The van der Waals surface area contributed by atoms with Gasteiger partial charge in [-0.25, -0.2) is 12.8 Å². The lowest BCUT2D eigenvalue weighted by Gasteiger charge is -2.31. The van der Waals surface area contributed by atoms with Crippen LogP contribution in [0, 0.1) is 5.82 Å². The minimum atomic E-state index is -3.67. The Morgan fingerprint density at radius 2 is 1.64 bits per heavy atom. The Balaban J connectivity index is 1.53. The molecule has 224 valence electrons. The fourth-order valence-corrected chi connectivity index (χ4v) is 5.99. The summed E-state index contributed by atoms with van der Waals surface area (Å²) in [5, 5.41) is 2.90. The molecule has 1 saturated heterocycles. The van der Waals surface area contributed by atoms with Crippen LogP contribution in [-0.4, -0.2) is 74.9 Å². The molecule has 42 heavy (non-hydrogen) atoms. The number of carbonyl (C=O) groups excluding carboxylic acids is 2. The lowest BCUT2D eigenvalue weighted by Crippen LogP contribution is -2.51. The summed E-state index contributed by atoms with van der Waals surface area (Å²) in [7, 11) is -3.67. The Morgan fingerprint density at radius 3 is 2.29 bits per heavy atom. The third kappa shape index (κ3) is 8.37. The molecule has 1 aliphatic rings. The van der Waals surface area contributed by atoms with Crippen molar-refractivity contribution in [2.24, 2.45) is 0 Å². The second kappa shape index (κ2) is 14.9. The fraction of sp³-hybridized carbons (Fsp3) is 0.355. The van der Waals surface area contributed by atoms with Crippen molar-refractivity contribution in [1.29, 1.82) is 0 Å². The molecular formula is C31H36FN3O6S. The van der Waals surface area contributed by atoms with Crippen molar-refractivity contribution in [1.82, 2.24) is 14.5 Å². The average molecular weight is 598 g/mol. The van der Waals surface area contributed by atoms with E-state index in [2.05, 4.69) is 5.32 Å². The van der Waals surface area contributed by atoms with Gasteiger partial charge in [-0.05, 0) is 53.9 Å². The smallest absolute Gasteiger partial charge is 0.261 e. The highest BCUT2D eigenvalue weighted by molar-refractivity contribution is 7.89. The number of rotatable bonds is 13. The summed E-state index contributed by atoms with van der Waals surface area (Å²) in [5.41, 5.74) is 1.54. The molecule has 1 aliphatic heterocycles. The topological polar surface area (TPSA) is 105 Å². The van der Waals surface area contributed by atoms with Gasteiger partial charge in [0.1, 0.15) is 17.6 Å². The van der Waals surface area contributed by atoms with E-state index in [-0.39, 0.29) is 43.5 Å². The van der Waals surface area contributed by atoms with Crippen molar-refractivity contribution in [3.05, 3.63) is 95.8 Å². The normalized spacial score (nSPS) is 14.6. The Hall–Kier alpha value is -3.80. The van der Waals surface area contributed by atoms with Crippen molar-refractivity contribution in [3.63, 3.8) is 0 Å². The third-order valence-corrected chi connectivity index (χ3v) is 8.79. The molecule has 0 aliphatic carbocycles. The van der Waals surface area contributed by atoms with Gasteiger partial charge in [0, 0.05) is 32.6 Å². The van der Waals surface area contributed by atoms with E-state index in [1.165, 1.54) is 45.6 Å². The molecule has 4 rings (SSSR count). The van der Waals surface area contributed by atoms with Crippen molar-refractivity contribution in [2.75, 3.05) is 39.5 Å². The van der Waals surface area contributed by atoms with Crippen LogP contribution in [0.4, 0.5) is 4.39 Å². The van der Waals surface area contributed by atoms with Gasteiger partial charge in [-0.3, -0.25) is 9.59 Å². The molecule has 0 bridgehead atoms.